The van der Waals surface area contributed by atoms with Crippen LogP contribution in [0, 0.1) is 0 Å². The molecule has 2 rings (SSSR count). The predicted molar refractivity (Wildman–Crippen MR) is 72.0 cm³/mol. The molecule has 0 unspecified atom stereocenters. The number of anilines is 1. The van der Waals surface area contributed by atoms with Gasteiger partial charge in [-0.3, -0.25) is 4.79 Å². The summed E-state index contributed by atoms with van der Waals surface area (Å²) in [6, 6.07) is 3.75. The predicted octanol–water partition coefficient (Wildman–Crippen LogP) is 0.603. The van der Waals surface area contributed by atoms with Gasteiger partial charge in [0.05, 0.1) is 11.6 Å². The van der Waals surface area contributed by atoms with Crippen molar-refractivity contribution in [2.75, 3.05) is 44.7 Å². The summed E-state index contributed by atoms with van der Waals surface area (Å²) >= 11 is 5.81. The first-order valence-electron chi connectivity index (χ1n) is 5.99. The lowest BCUT2D eigenvalue weighted by atomic mass is 10.3. The van der Waals surface area contributed by atoms with Gasteiger partial charge in [-0.2, -0.15) is 0 Å². The Morgan fingerprint density at radius 1 is 1.39 bits per heavy atom. The average Bonchev–Trinajstić information content (AvgIpc) is 2.40. The Bertz CT molecular complexity index is 401. The van der Waals surface area contributed by atoms with Crippen molar-refractivity contribution in [1.29, 1.82) is 0 Å². The molecule has 1 aromatic heterocycles. The molecule has 0 atom stereocenters. The van der Waals surface area contributed by atoms with Gasteiger partial charge in [0.15, 0.2) is 0 Å². The fraction of sp³-hybridized carbons (Fsp3) is 0.500. The van der Waals surface area contributed by atoms with Crippen molar-refractivity contribution in [2.24, 2.45) is 0 Å². The highest BCUT2D eigenvalue weighted by Crippen LogP contribution is 2.16. The molecule has 5 nitrogen and oxygen atoms in total. The van der Waals surface area contributed by atoms with E-state index >= 15 is 0 Å². The third kappa shape index (κ3) is 3.11. The average molecular weight is 269 g/mol. The molecule has 98 valence electrons. The molecule has 2 heterocycles. The molecule has 1 aliphatic heterocycles. The second kappa shape index (κ2) is 6.02. The number of aromatic nitrogens is 1. The van der Waals surface area contributed by atoms with Crippen molar-refractivity contribution in [3.05, 3.63) is 23.4 Å². The van der Waals surface area contributed by atoms with Crippen LogP contribution in [-0.4, -0.2) is 55.6 Å². The maximum Gasteiger partial charge on any atom is 0.236 e. The Hall–Kier alpha value is -1.33. The molecule has 1 fully saturated rings. The van der Waals surface area contributed by atoms with Gasteiger partial charge in [-0.1, -0.05) is 11.6 Å². The molecule has 1 N–H and O–H groups in total. The molecule has 1 aromatic rings. The van der Waals surface area contributed by atoms with E-state index < -0.39 is 0 Å². The summed E-state index contributed by atoms with van der Waals surface area (Å²) in [6.07, 6.45) is 1.65. The second-order valence-electron chi connectivity index (χ2n) is 4.23. The van der Waals surface area contributed by atoms with Gasteiger partial charge < -0.3 is 15.1 Å². The fourth-order valence-electron chi connectivity index (χ4n) is 2.00. The molecular formula is C12H17ClN4O. The van der Waals surface area contributed by atoms with Crippen molar-refractivity contribution in [1.82, 2.24) is 15.2 Å². The molecule has 18 heavy (non-hydrogen) atoms. The lowest BCUT2D eigenvalue weighted by Gasteiger charge is -2.35. The number of carbonyl (C=O) groups is 1. The third-order valence-electron chi connectivity index (χ3n) is 3.00. The molecule has 0 radical (unpaired) electrons. The summed E-state index contributed by atoms with van der Waals surface area (Å²) in [5.41, 5.74) is 0. The zero-order chi connectivity index (χ0) is 13.0. The van der Waals surface area contributed by atoms with Gasteiger partial charge in [0.2, 0.25) is 5.91 Å². The fourth-order valence-corrected chi connectivity index (χ4v) is 2.11. The molecular weight excluding hydrogens is 252 g/mol. The highest BCUT2D eigenvalue weighted by atomic mass is 35.5. The van der Waals surface area contributed by atoms with Crippen LogP contribution in [0.1, 0.15) is 0 Å². The zero-order valence-electron chi connectivity index (χ0n) is 10.4. The van der Waals surface area contributed by atoms with Crippen molar-refractivity contribution < 1.29 is 4.79 Å². The van der Waals surface area contributed by atoms with Crippen molar-refractivity contribution in [3.63, 3.8) is 0 Å². The van der Waals surface area contributed by atoms with Crippen LogP contribution in [0.25, 0.3) is 0 Å². The number of pyridine rings is 1. The van der Waals surface area contributed by atoms with E-state index in [0.717, 1.165) is 32.0 Å². The van der Waals surface area contributed by atoms with Gasteiger partial charge in [-0.15, -0.1) is 0 Å². The van der Waals surface area contributed by atoms with E-state index in [2.05, 4.69) is 15.2 Å². The summed E-state index contributed by atoms with van der Waals surface area (Å²) in [4.78, 5) is 20.0. The first-order valence-corrected chi connectivity index (χ1v) is 6.37. The topological polar surface area (TPSA) is 48.5 Å². The van der Waals surface area contributed by atoms with Crippen LogP contribution in [0.15, 0.2) is 18.3 Å². The Labute approximate surface area is 112 Å². The minimum atomic E-state index is 0.154. The number of nitrogens with zero attached hydrogens (tertiary/aromatic N) is 3. The first kappa shape index (κ1) is 13.1. The molecule has 0 aromatic carbocycles. The van der Waals surface area contributed by atoms with Crippen LogP contribution >= 0.6 is 11.6 Å². The minimum absolute atomic E-state index is 0.154. The number of likely N-dealkylation sites (N-methyl/N-ethyl adjacent to an activating group) is 1. The zero-order valence-corrected chi connectivity index (χ0v) is 11.2. The second-order valence-corrected chi connectivity index (χ2v) is 4.67. The van der Waals surface area contributed by atoms with Gasteiger partial charge in [0.1, 0.15) is 5.82 Å². The maximum atomic E-state index is 11.7. The third-order valence-corrected chi connectivity index (χ3v) is 3.22. The molecule has 0 spiro atoms. The van der Waals surface area contributed by atoms with E-state index in [9.17, 15) is 4.79 Å². The standard InChI is InChI=1S/C12H17ClN4O/c1-14-9-12(18)17-6-4-16(5-7-17)11-3-2-10(13)8-15-11/h2-3,8,14H,4-7,9H2,1H3. The monoisotopic (exact) mass is 268 g/mol. The summed E-state index contributed by atoms with van der Waals surface area (Å²) in [5, 5.41) is 3.52. The van der Waals surface area contributed by atoms with Crippen LogP contribution in [-0.2, 0) is 4.79 Å². The molecule has 6 heteroatoms. The number of piperazine rings is 1. The van der Waals surface area contributed by atoms with Gasteiger partial charge >= 0.3 is 0 Å². The number of halogens is 1. The van der Waals surface area contributed by atoms with Crippen LogP contribution in [0.4, 0.5) is 5.82 Å². The van der Waals surface area contributed by atoms with Crippen molar-refractivity contribution in [2.45, 2.75) is 0 Å². The Kier molecular flexibility index (Phi) is 4.38. The molecule has 0 aliphatic carbocycles. The first-order chi connectivity index (χ1) is 8.70. The van der Waals surface area contributed by atoms with Crippen LogP contribution in [0.5, 0.6) is 0 Å². The number of nitrogens with one attached hydrogen (secondary N) is 1. The van der Waals surface area contributed by atoms with E-state index in [4.69, 9.17) is 11.6 Å². The van der Waals surface area contributed by atoms with Gasteiger partial charge in [-0.05, 0) is 19.2 Å². The molecule has 0 bridgehead atoms. The number of rotatable bonds is 3. The quantitative estimate of drug-likeness (QED) is 0.872. The van der Waals surface area contributed by atoms with E-state index in [0.29, 0.717) is 11.6 Å². The van der Waals surface area contributed by atoms with Crippen LogP contribution in [0.3, 0.4) is 0 Å². The van der Waals surface area contributed by atoms with Gasteiger partial charge in [0.25, 0.3) is 0 Å². The van der Waals surface area contributed by atoms with Gasteiger partial charge in [-0.25, -0.2) is 4.98 Å². The number of amides is 1. The highest BCUT2D eigenvalue weighted by molar-refractivity contribution is 6.30. The van der Waals surface area contributed by atoms with Gasteiger partial charge in [0, 0.05) is 32.4 Å². The summed E-state index contributed by atoms with van der Waals surface area (Å²) in [7, 11) is 1.78. The van der Waals surface area contributed by atoms with E-state index in [1.165, 1.54) is 0 Å². The maximum absolute atomic E-state index is 11.7. The highest BCUT2D eigenvalue weighted by Gasteiger charge is 2.21. The summed E-state index contributed by atoms with van der Waals surface area (Å²) < 4.78 is 0. The molecule has 1 aliphatic rings. The van der Waals surface area contributed by atoms with Crippen molar-refractivity contribution in [3.8, 4) is 0 Å². The largest absolute Gasteiger partial charge is 0.353 e. The lowest BCUT2D eigenvalue weighted by molar-refractivity contribution is -0.130. The van der Waals surface area contributed by atoms with E-state index in [1.807, 2.05) is 17.0 Å². The van der Waals surface area contributed by atoms with Crippen LogP contribution < -0.4 is 10.2 Å². The number of hydrogen-bond donors (Lipinski definition) is 1. The number of carbonyl (C=O) groups excluding carboxylic acids is 1. The number of hydrogen-bond acceptors (Lipinski definition) is 4. The van der Waals surface area contributed by atoms with E-state index in [-0.39, 0.29) is 5.91 Å². The smallest absolute Gasteiger partial charge is 0.236 e. The van der Waals surface area contributed by atoms with Crippen LogP contribution in [0.2, 0.25) is 5.02 Å². The molecule has 0 saturated carbocycles. The van der Waals surface area contributed by atoms with E-state index in [1.54, 1.807) is 13.2 Å². The summed E-state index contributed by atoms with van der Waals surface area (Å²) in [5.74, 6) is 1.07. The Morgan fingerprint density at radius 3 is 2.67 bits per heavy atom. The lowest BCUT2D eigenvalue weighted by Crippen LogP contribution is -2.50. The Morgan fingerprint density at radius 2 is 2.11 bits per heavy atom. The molecule has 1 amide bonds. The van der Waals surface area contributed by atoms with Crippen molar-refractivity contribution >= 4 is 23.3 Å². The summed E-state index contributed by atoms with van der Waals surface area (Å²) in [6.45, 7) is 3.50. The SMILES string of the molecule is CNCC(=O)N1CCN(c2ccc(Cl)cn2)CC1. The molecule has 1 saturated heterocycles. The Balaban J connectivity index is 1.90. The minimum Gasteiger partial charge on any atom is -0.353 e. The normalized spacial score (nSPS) is 15.9.